The van der Waals surface area contributed by atoms with Gasteiger partial charge >= 0.3 is 5.69 Å². The Bertz CT molecular complexity index is 1590. The molecule has 244 valence electrons. The smallest absolute Gasteiger partial charge is 0.354 e. The molecule has 11 heteroatoms. The van der Waals surface area contributed by atoms with Gasteiger partial charge in [0.1, 0.15) is 24.2 Å². The number of alkyl halides is 1. The number of aliphatic imine (C=N–C) groups is 1. The van der Waals surface area contributed by atoms with Crippen LogP contribution < -0.4 is 32.9 Å². The molecule has 0 spiro atoms. The molecule has 45 heavy (non-hydrogen) atoms. The van der Waals surface area contributed by atoms with Gasteiger partial charge in [-0.25, -0.2) is 9.18 Å². The number of nitrogens with zero attached hydrogens (tertiary/aromatic N) is 3. The van der Waals surface area contributed by atoms with Crippen LogP contribution in [0.5, 0.6) is 5.75 Å². The SMILES string of the molecule is CC(C)(C)c1cc2cn(-c3ccc(CNCCCN=C(N)N)cc3)c(=O)nc2[nH]1.CC(C)(C)c1cccc(OC[C@@H](F)CN)c1. The van der Waals surface area contributed by atoms with Crippen molar-refractivity contribution < 1.29 is 9.13 Å². The normalized spacial score (nSPS) is 12.4. The number of hydrogen-bond donors (Lipinski definition) is 5. The maximum absolute atomic E-state index is 12.9. The number of fused-ring (bicyclic) bond motifs is 1. The molecule has 4 rings (SSSR count). The number of benzene rings is 2. The lowest BCUT2D eigenvalue weighted by molar-refractivity contribution is 0.201. The van der Waals surface area contributed by atoms with E-state index >= 15 is 0 Å². The van der Waals surface area contributed by atoms with E-state index in [1.165, 1.54) is 5.56 Å². The molecule has 2 aromatic heterocycles. The minimum atomic E-state index is -1.10. The fourth-order valence-electron chi connectivity index (χ4n) is 4.31. The molecule has 0 aliphatic carbocycles. The van der Waals surface area contributed by atoms with Crippen molar-refractivity contribution in [2.24, 2.45) is 22.2 Å². The molecule has 0 amide bonds. The van der Waals surface area contributed by atoms with E-state index in [0.29, 0.717) is 17.9 Å². The van der Waals surface area contributed by atoms with E-state index in [1.807, 2.05) is 54.7 Å². The minimum absolute atomic E-state index is 0.00103. The predicted molar refractivity (Wildman–Crippen MR) is 182 cm³/mol. The highest BCUT2D eigenvalue weighted by Gasteiger charge is 2.18. The molecule has 2 aromatic carbocycles. The topological polar surface area (TPSA) is 162 Å². The van der Waals surface area contributed by atoms with Crippen molar-refractivity contribution >= 4 is 17.0 Å². The molecule has 4 aromatic rings. The lowest BCUT2D eigenvalue weighted by atomic mass is 9.87. The lowest BCUT2D eigenvalue weighted by Crippen LogP contribution is -2.23. The highest BCUT2D eigenvalue weighted by atomic mass is 19.1. The molecular formula is C34H49FN8O2. The third kappa shape index (κ3) is 11.0. The second kappa shape index (κ2) is 15.7. The molecular weight excluding hydrogens is 571 g/mol. The highest BCUT2D eigenvalue weighted by Crippen LogP contribution is 2.26. The Hall–Kier alpha value is -4.22. The first-order chi connectivity index (χ1) is 21.2. The maximum atomic E-state index is 12.9. The summed E-state index contributed by atoms with van der Waals surface area (Å²) in [6.07, 6.45) is 1.61. The maximum Gasteiger partial charge on any atom is 0.354 e. The molecule has 2 heterocycles. The Labute approximate surface area is 265 Å². The van der Waals surface area contributed by atoms with Crippen molar-refractivity contribution in [1.82, 2.24) is 19.9 Å². The number of halogens is 1. The van der Waals surface area contributed by atoms with Crippen LogP contribution in [0, 0.1) is 0 Å². The monoisotopic (exact) mass is 620 g/mol. The zero-order valence-corrected chi connectivity index (χ0v) is 27.4. The summed E-state index contributed by atoms with van der Waals surface area (Å²) >= 11 is 0. The van der Waals surface area contributed by atoms with Gasteiger partial charge in [-0.15, -0.1) is 0 Å². The van der Waals surface area contributed by atoms with Gasteiger partial charge in [-0.2, -0.15) is 4.98 Å². The molecule has 0 aliphatic rings. The highest BCUT2D eigenvalue weighted by molar-refractivity contribution is 5.76. The second-order valence-electron chi connectivity index (χ2n) is 13.1. The fraction of sp³-hybridized carbons (Fsp3) is 0.441. The van der Waals surface area contributed by atoms with Gasteiger partial charge in [-0.05, 0) is 59.8 Å². The van der Waals surface area contributed by atoms with Gasteiger partial charge in [0.2, 0.25) is 0 Å². The number of hydrogen-bond acceptors (Lipinski definition) is 6. The Kier molecular flexibility index (Phi) is 12.3. The molecule has 0 radical (unpaired) electrons. The lowest BCUT2D eigenvalue weighted by Gasteiger charge is -2.20. The summed E-state index contributed by atoms with van der Waals surface area (Å²) in [6, 6.07) is 17.7. The van der Waals surface area contributed by atoms with Crippen molar-refractivity contribution in [3.8, 4) is 11.4 Å². The fourth-order valence-corrected chi connectivity index (χ4v) is 4.31. The van der Waals surface area contributed by atoms with Gasteiger partial charge in [0, 0.05) is 42.3 Å². The molecule has 0 saturated heterocycles. The number of aromatic nitrogens is 3. The van der Waals surface area contributed by atoms with Crippen LogP contribution in [0.15, 0.2) is 70.6 Å². The van der Waals surface area contributed by atoms with E-state index in [4.69, 9.17) is 21.9 Å². The molecule has 0 aliphatic heterocycles. The number of ether oxygens (including phenoxy) is 1. The molecule has 10 nitrogen and oxygen atoms in total. The van der Waals surface area contributed by atoms with Crippen molar-refractivity contribution in [1.29, 1.82) is 0 Å². The summed E-state index contributed by atoms with van der Waals surface area (Å²) in [7, 11) is 0. The van der Waals surface area contributed by atoms with Gasteiger partial charge < -0.3 is 32.2 Å². The van der Waals surface area contributed by atoms with Crippen molar-refractivity contribution in [3.05, 3.63) is 88.1 Å². The van der Waals surface area contributed by atoms with Crippen LogP contribution in [0.2, 0.25) is 0 Å². The van der Waals surface area contributed by atoms with Gasteiger partial charge in [0.05, 0.1) is 5.69 Å². The van der Waals surface area contributed by atoms with Crippen LogP contribution >= 0.6 is 0 Å². The number of nitrogens with one attached hydrogen (secondary N) is 2. The first-order valence-corrected chi connectivity index (χ1v) is 15.2. The summed E-state index contributed by atoms with van der Waals surface area (Å²) in [4.78, 5) is 23.9. The van der Waals surface area contributed by atoms with E-state index in [1.54, 1.807) is 4.57 Å². The molecule has 8 N–H and O–H groups in total. The summed E-state index contributed by atoms with van der Waals surface area (Å²) in [5.41, 5.74) is 20.3. The Morgan fingerprint density at radius 1 is 1.07 bits per heavy atom. The van der Waals surface area contributed by atoms with Crippen LogP contribution in [0.1, 0.15) is 64.8 Å². The predicted octanol–water partition coefficient (Wildman–Crippen LogP) is 4.42. The second-order valence-corrected chi connectivity index (χ2v) is 13.1. The Morgan fingerprint density at radius 3 is 2.40 bits per heavy atom. The summed E-state index contributed by atoms with van der Waals surface area (Å²) in [6.45, 7) is 14.9. The Morgan fingerprint density at radius 2 is 1.78 bits per heavy atom. The summed E-state index contributed by atoms with van der Waals surface area (Å²) in [5, 5.41) is 4.27. The van der Waals surface area contributed by atoms with E-state index in [9.17, 15) is 9.18 Å². The zero-order chi connectivity index (χ0) is 33.2. The average Bonchev–Trinajstić information content (AvgIpc) is 3.41. The van der Waals surface area contributed by atoms with Crippen molar-refractivity contribution in [2.45, 2.75) is 71.5 Å². The molecule has 0 saturated carbocycles. The third-order valence-electron chi connectivity index (χ3n) is 7.05. The molecule has 0 fully saturated rings. The van der Waals surface area contributed by atoms with Crippen molar-refractivity contribution in [3.63, 3.8) is 0 Å². The van der Waals surface area contributed by atoms with Gasteiger partial charge in [0.25, 0.3) is 0 Å². The van der Waals surface area contributed by atoms with E-state index in [0.717, 1.165) is 41.8 Å². The van der Waals surface area contributed by atoms with Crippen LogP contribution in [-0.4, -0.2) is 52.9 Å². The van der Waals surface area contributed by atoms with E-state index in [2.05, 4.69) is 67.9 Å². The molecule has 1 atom stereocenters. The Balaban J connectivity index is 0.000000292. The third-order valence-corrected chi connectivity index (χ3v) is 7.05. The first kappa shape index (κ1) is 35.3. The van der Waals surface area contributed by atoms with Crippen LogP contribution in [0.25, 0.3) is 16.7 Å². The van der Waals surface area contributed by atoms with Crippen LogP contribution in [-0.2, 0) is 17.4 Å². The number of H-pyrrole nitrogens is 1. The number of aromatic amines is 1. The summed E-state index contributed by atoms with van der Waals surface area (Å²) < 4.78 is 19.8. The van der Waals surface area contributed by atoms with Gasteiger partial charge in [0.15, 0.2) is 5.96 Å². The van der Waals surface area contributed by atoms with Gasteiger partial charge in [-0.1, -0.05) is 65.8 Å². The van der Waals surface area contributed by atoms with E-state index in [-0.39, 0.29) is 35.6 Å². The average molecular weight is 621 g/mol. The molecule has 0 bridgehead atoms. The standard InChI is InChI=1S/C21H29N7O.C13H20FNO/c1-21(2,3)17-11-15-13-28(20(29)27-18(15)26-17)16-7-5-14(6-8-16)12-24-9-4-10-25-19(22)23;1-13(2,3)10-5-4-6-12(7-10)16-9-11(14)8-15/h5-8,11,13,24H,4,9-10,12H2,1-3H3,(H4,22,23,25)(H,26,27,29);4-7,11H,8-9,15H2,1-3H3/t;11-/m.0/s1. The number of nitrogens with two attached hydrogens (primary N) is 3. The number of guanidine groups is 1. The minimum Gasteiger partial charge on any atom is -0.491 e. The van der Waals surface area contributed by atoms with Gasteiger partial charge in [-0.3, -0.25) is 9.56 Å². The summed E-state index contributed by atoms with van der Waals surface area (Å²) in [5.74, 6) is 0.821. The van der Waals surface area contributed by atoms with E-state index < -0.39 is 6.17 Å². The largest absolute Gasteiger partial charge is 0.491 e. The number of rotatable bonds is 11. The van der Waals surface area contributed by atoms with Crippen LogP contribution in [0.3, 0.4) is 0 Å². The first-order valence-electron chi connectivity index (χ1n) is 15.2. The zero-order valence-electron chi connectivity index (χ0n) is 27.4. The molecule has 0 unspecified atom stereocenters. The van der Waals surface area contributed by atoms with Crippen LogP contribution in [0.4, 0.5) is 4.39 Å². The van der Waals surface area contributed by atoms with Crippen molar-refractivity contribution in [2.75, 3.05) is 26.2 Å². The quantitative estimate of drug-likeness (QED) is 0.0941.